The zero-order valence-electron chi connectivity index (χ0n) is 14.9. The molecule has 0 radical (unpaired) electrons. The Balaban J connectivity index is 1.55. The molecule has 2 N–H and O–H groups in total. The number of benzene rings is 2. The Kier molecular flexibility index (Phi) is 5.05. The number of aromatic amines is 1. The second kappa shape index (κ2) is 7.95. The molecular weight excluding hydrogens is 342 g/mol. The molecule has 0 saturated heterocycles. The molecule has 0 fully saturated rings. The van der Waals surface area contributed by atoms with Crippen LogP contribution in [0.2, 0.25) is 0 Å². The first-order valence-electron chi connectivity index (χ1n) is 9.03. The number of carbonyl (C=O) groups excluding carboxylic acids is 1. The van der Waals surface area contributed by atoms with Gasteiger partial charge in [-0.3, -0.25) is 4.79 Å². The molecule has 27 heavy (non-hydrogen) atoms. The lowest BCUT2D eigenvalue weighted by Gasteiger charge is -2.19. The summed E-state index contributed by atoms with van der Waals surface area (Å²) in [5, 5.41) is 3.12. The molecule has 1 aromatic heterocycles. The maximum Gasteiger partial charge on any atom is 0.251 e. The number of nitrogens with zero attached hydrogens (tertiary/aromatic N) is 1. The molecule has 0 unspecified atom stereocenters. The van der Waals surface area contributed by atoms with Crippen LogP contribution in [0, 0.1) is 0 Å². The van der Waals surface area contributed by atoms with E-state index in [2.05, 4.69) is 15.3 Å². The molecule has 6 heteroatoms. The predicted octanol–water partition coefficient (Wildman–Crippen LogP) is 3.28. The SMILES string of the molecule is O=C(N[C@H](Cc1ncc[nH]1)c1ccccc1)c1ccc2c(c1)OCCCO2. The number of rotatable bonds is 5. The Hall–Kier alpha value is -3.28. The number of imidazole rings is 1. The molecule has 2 heterocycles. The first-order chi connectivity index (χ1) is 13.3. The lowest BCUT2D eigenvalue weighted by Crippen LogP contribution is -2.30. The normalized spacial score (nSPS) is 14.2. The van der Waals surface area contributed by atoms with E-state index in [9.17, 15) is 4.79 Å². The van der Waals surface area contributed by atoms with Crippen LogP contribution in [0.1, 0.15) is 34.2 Å². The number of H-pyrrole nitrogens is 1. The molecule has 0 spiro atoms. The Labute approximate surface area is 157 Å². The van der Waals surface area contributed by atoms with Crippen molar-refractivity contribution in [3.63, 3.8) is 0 Å². The van der Waals surface area contributed by atoms with Crippen molar-refractivity contribution >= 4 is 5.91 Å². The van der Waals surface area contributed by atoms with Crippen LogP contribution >= 0.6 is 0 Å². The third-order valence-electron chi connectivity index (χ3n) is 4.47. The quantitative estimate of drug-likeness (QED) is 0.729. The van der Waals surface area contributed by atoms with Crippen LogP contribution in [0.4, 0.5) is 0 Å². The summed E-state index contributed by atoms with van der Waals surface area (Å²) in [6.07, 6.45) is 4.90. The Morgan fingerprint density at radius 2 is 1.93 bits per heavy atom. The summed E-state index contributed by atoms with van der Waals surface area (Å²) in [4.78, 5) is 20.3. The molecule has 4 rings (SSSR count). The van der Waals surface area contributed by atoms with Gasteiger partial charge in [-0.1, -0.05) is 30.3 Å². The Morgan fingerprint density at radius 1 is 1.11 bits per heavy atom. The zero-order valence-corrected chi connectivity index (χ0v) is 14.9. The summed E-state index contributed by atoms with van der Waals surface area (Å²) in [5.41, 5.74) is 1.57. The highest BCUT2D eigenvalue weighted by atomic mass is 16.5. The fraction of sp³-hybridized carbons (Fsp3) is 0.238. The minimum absolute atomic E-state index is 0.161. The van der Waals surface area contributed by atoms with E-state index in [1.54, 1.807) is 30.6 Å². The number of hydrogen-bond acceptors (Lipinski definition) is 4. The van der Waals surface area contributed by atoms with Crippen LogP contribution in [-0.4, -0.2) is 29.1 Å². The summed E-state index contributed by atoms with van der Waals surface area (Å²) in [5.74, 6) is 1.95. The fourth-order valence-electron chi connectivity index (χ4n) is 3.09. The third-order valence-corrected chi connectivity index (χ3v) is 4.47. The van der Waals surface area contributed by atoms with Gasteiger partial charge in [0.15, 0.2) is 11.5 Å². The van der Waals surface area contributed by atoms with E-state index in [0.717, 1.165) is 17.8 Å². The van der Waals surface area contributed by atoms with Crippen molar-refractivity contribution in [3.8, 4) is 11.5 Å². The van der Waals surface area contributed by atoms with Gasteiger partial charge in [0.1, 0.15) is 5.82 Å². The summed E-state index contributed by atoms with van der Waals surface area (Å²) in [6.45, 7) is 1.21. The maximum absolute atomic E-state index is 12.9. The van der Waals surface area contributed by atoms with Crippen LogP contribution in [0.3, 0.4) is 0 Å². The molecule has 0 aliphatic carbocycles. The van der Waals surface area contributed by atoms with Crippen molar-refractivity contribution in [2.75, 3.05) is 13.2 Å². The second-order valence-electron chi connectivity index (χ2n) is 6.39. The van der Waals surface area contributed by atoms with Gasteiger partial charge in [0.05, 0.1) is 19.3 Å². The van der Waals surface area contributed by atoms with Crippen LogP contribution in [0.15, 0.2) is 60.9 Å². The number of aromatic nitrogens is 2. The number of hydrogen-bond donors (Lipinski definition) is 2. The van der Waals surface area contributed by atoms with Crippen molar-refractivity contribution in [1.29, 1.82) is 0 Å². The van der Waals surface area contributed by atoms with Gasteiger partial charge >= 0.3 is 0 Å². The lowest BCUT2D eigenvalue weighted by molar-refractivity contribution is 0.0935. The van der Waals surface area contributed by atoms with E-state index in [1.807, 2.05) is 30.3 Å². The highest BCUT2D eigenvalue weighted by Crippen LogP contribution is 2.30. The average Bonchev–Trinajstić information content (AvgIpc) is 3.10. The molecule has 3 aromatic rings. The van der Waals surface area contributed by atoms with Crippen LogP contribution in [0.5, 0.6) is 11.5 Å². The zero-order chi connectivity index (χ0) is 18.5. The minimum Gasteiger partial charge on any atom is -0.490 e. The molecule has 1 amide bonds. The molecule has 1 aliphatic rings. The summed E-state index contributed by atoms with van der Waals surface area (Å²) in [7, 11) is 0. The van der Waals surface area contributed by atoms with Gasteiger partial charge in [0, 0.05) is 30.8 Å². The van der Waals surface area contributed by atoms with Crippen molar-refractivity contribution in [2.24, 2.45) is 0 Å². The lowest BCUT2D eigenvalue weighted by atomic mass is 10.0. The number of nitrogens with one attached hydrogen (secondary N) is 2. The average molecular weight is 363 g/mol. The third kappa shape index (κ3) is 4.11. The Bertz CT molecular complexity index is 894. The van der Waals surface area contributed by atoms with Crippen molar-refractivity contribution in [2.45, 2.75) is 18.9 Å². The molecule has 1 atom stereocenters. The number of carbonyl (C=O) groups is 1. The molecule has 0 bridgehead atoms. The monoisotopic (exact) mass is 363 g/mol. The first-order valence-corrected chi connectivity index (χ1v) is 9.03. The van der Waals surface area contributed by atoms with E-state index in [1.165, 1.54) is 0 Å². The molecule has 1 aliphatic heterocycles. The first kappa shape index (κ1) is 17.1. The molecular formula is C21H21N3O3. The summed E-state index contributed by atoms with van der Waals surface area (Å²) < 4.78 is 11.3. The van der Waals surface area contributed by atoms with Gasteiger partial charge in [-0.05, 0) is 23.8 Å². The predicted molar refractivity (Wildman–Crippen MR) is 101 cm³/mol. The Morgan fingerprint density at radius 3 is 2.70 bits per heavy atom. The number of amides is 1. The van der Waals surface area contributed by atoms with Gasteiger partial charge in [-0.25, -0.2) is 4.98 Å². The largest absolute Gasteiger partial charge is 0.490 e. The molecule has 2 aromatic carbocycles. The highest BCUT2D eigenvalue weighted by Gasteiger charge is 2.19. The summed E-state index contributed by atoms with van der Waals surface area (Å²) >= 11 is 0. The maximum atomic E-state index is 12.9. The smallest absolute Gasteiger partial charge is 0.251 e. The van der Waals surface area contributed by atoms with Crippen LogP contribution in [0.25, 0.3) is 0 Å². The van der Waals surface area contributed by atoms with E-state index in [0.29, 0.717) is 36.7 Å². The fourth-order valence-corrected chi connectivity index (χ4v) is 3.09. The van der Waals surface area contributed by atoms with Crippen LogP contribution < -0.4 is 14.8 Å². The molecule has 0 saturated carbocycles. The van der Waals surface area contributed by atoms with E-state index >= 15 is 0 Å². The van der Waals surface area contributed by atoms with Gasteiger partial charge in [-0.2, -0.15) is 0 Å². The second-order valence-corrected chi connectivity index (χ2v) is 6.39. The van der Waals surface area contributed by atoms with Crippen LogP contribution in [-0.2, 0) is 6.42 Å². The van der Waals surface area contributed by atoms with E-state index in [-0.39, 0.29) is 11.9 Å². The standard InChI is InChI=1S/C21H21N3O3/c25-21(16-7-8-18-19(13-16)27-12-4-11-26-18)24-17(14-20-22-9-10-23-20)15-5-2-1-3-6-15/h1-3,5-10,13,17H,4,11-12,14H2,(H,22,23)(H,24,25)/t17-/m1/s1. The topological polar surface area (TPSA) is 76.2 Å². The number of fused-ring (bicyclic) bond motifs is 1. The van der Waals surface area contributed by atoms with Crippen molar-refractivity contribution < 1.29 is 14.3 Å². The van der Waals surface area contributed by atoms with Gasteiger partial charge < -0.3 is 19.8 Å². The van der Waals surface area contributed by atoms with Gasteiger partial charge in [-0.15, -0.1) is 0 Å². The van der Waals surface area contributed by atoms with E-state index in [4.69, 9.17) is 9.47 Å². The van der Waals surface area contributed by atoms with E-state index < -0.39 is 0 Å². The van der Waals surface area contributed by atoms with Gasteiger partial charge in [0.25, 0.3) is 5.91 Å². The van der Waals surface area contributed by atoms with Crippen molar-refractivity contribution in [1.82, 2.24) is 15.3 Å². The number of ether oxygens (including phenoxy) is 2. The minimum atomic E-state index is -0.194. The van der Waals surface area contributed by atoms with Gasteiger partial charge in [0.2, 0.25) is 0 Å². The molecule has 6 nitrogen and oxygen atoms in total. The molecule has 138 valence electrons. The highest BCUT2D eigenvalue weighted by molar-refractivity contribution is 5.95. The van der Waals surface area contributed by atoms with Crippen molar-refractivity contribution in [3.05, 3.63) is 77.9 Å². The summed E-state index contributed by atoms with van der Waals surface area (Å²) in [6, 6.07) is 15.0.